The Bertz CT molecular complexity index is 305. The molecule has 1 amide bonds. The number of halogens is 3. The van der Waals surface area contributed by atoms with E-state index in [4.69, 9.17) is 5.73 Å². The van der Waals surface area contributed by atoms with Crippen LogP contribution in [0.1, 0.15) is 46.0 Å². The molecule has 0 aromatic rings. The van der Waals surface area contributed by atoms with E-state index >= 15 is 0 Å². The standard InChI is InChI=1S/C13H23F3N2O/c1-8(2)10(17)7-12(19)18-11-6-4-3-5-9(11)13(14,15)16/h8-11H,3-7,17H2,1-2H3,(H,18,19). The van der Waals surface area contributed by atoms with Crippen LogP contribution in [-0.4, -0.2) is 24.2 Å². The van der Waals surface area contributed by atoms with Crippen molar-refractivity contribution in [1.82, 2.24) is 5.32 Å². The zero-order valence-corrected chi connectivity index (χ0v) is 11.5. The van der Waals surface area contributed by atoms with Gasteiger partial charge >= 0.3 is 6.18 Å². The third-order valence-corrected chi connectivity index (χ3v) is 3.81. The number of hydrogen-bond acceptors (Lipinski definition) is 2. The predicted octanol–water partition coefficient (Wildman–Crippen LogP) is 2.60. The average Bonchev–Trinajstić information content (AvgIpc) is 2.27. The minimum Gasteiger partial charge on any atom is -0.353 e. The van der Waals surface area contributed by atoms with E-state index in [0.29, 0.717) is 12.8 Å². The Labute approximate surface area is 112 Å². The Morgan fingerprint density at radius 1 is 1.32 bits per heavy atom. The van der Waals surface area contributed by atoms with Gasteiger partial charge in [-0.1, -0.05) is 26.7 Å². The van der Waals surface area contributed by atoms with Crippen molar-refractivity contribution < 1.29 is 18.0 Å². The van der Waals surface area contributed by atoms with Gasteiger partial charge in [0.25, 0.3) is 0 Å². The molecule has 0 spiro atoms. The lowest BCUT2D eigenvalue weighted by atomic mass is 9.84. The number of rotatable bonds is 4. The second-order valence-corrected chi connectivity index (χ2v) is 5.72. The Morgan fingerprint density at radius 3 is 2.42 bits per heavy atom. The minimum absolute atomic E-state index is 0.0821. The molecule has 0 saturated heterocycles. The number of amides is 1. The van der Waals surface area contributed by atoms with E-state index in [-0.39, 0.29) is 30.7 Å². The van der Waals surface area contributed by atoms with E-state index in [1.165, 1.54) is 0 Å². The van der Waals surface area contributed by atoms with Crippen LogP contribution in [0.5, 0.6) is 0 Å². The summed E-state index contributed by atoms with van der Waals surface area (Å²) in [6, 6.07) is -1.10. The maximum Gasteiger partial charge on any atom is 0.393 e. The van der Waals surface area contributed by atoms with Crippen molar-refractivity contribution in [2.75, 3.05) is 0 Å². The van der Waals surface area contributed by atoms with Gasteiger partial charge in [0, 0.05) is 18.5 Å². The molecule has 0 aromatic carbocycles. The molecule has 0 radical (unpaired) electrons. The number of alkyl halides is 3. The molecule has 112 valence electrons. The van der Waals surface area contributed by atoms with Gasteiger partial charge in [0.1, 0.15) is 0 Å². The van der Waals surface area contributed by atoms with Crippen LogP contribution in [0.2, 0.25) is 0 Å². The van der Waals surface area contributed by atoms with Crippen LogP contribution < -0.4 is 11.1 Å². The molecule has 3 N–H and O–H groups in total. The summed E-state index contributed by atoms with van der Waals surface area (Å²) in [6.45, 7) is 3.77. The molecule has 1 saturated carbocycles. The van der Waals surface area contributed by atoms with E-state index in [2.05, 4.69) is 5.32 Å². The summed E-state index contributed by atoms with van der Waals surface area (Å²) in [6.07, 6.45) is -2.36. The van der Waals surface area contributed by atoms with Crippen LogP contribution in [0.4, 0.5) is 13.2 Å². The minimum atomic E-state index is -4.24. The molecule has 3 atom stereocenters. The quantitative estimate of drug-likeness (QED) is 0.831. The molecule has 0 aliphatic heterocycles. The van der Waals surface area contributed by atoms with Gasteiger partial charge in [-0.15, -0.1) is 0 Å². The van der Waals surface area contributed by atoms with E-state index in [9.17, 15) is 18.0 Å². The summed E-state index contributed by atoms with van der Waals surface area (Å²) in [5.41, 5.74) is 5.76. The van der Waals surface area contributed by atoms with Crippen LogP contribution in [0, 0.1) is 11.8 Å². The van der Waals surface area contributed by atoms with Crippen molar-refractivity contribution >= 4 is 5.91 Å². The highest BCUT2D eigenvalue weighted by Crippen LogP contribution is 2.37. The Kier molecular flexibility index (Phi) is 5.64. The number of nitrogens with two attached hydrogens (primary N) is 1. The molecule has 1 fully saturated rings. The smallest absolute Gasteiger partial charge is 0.353 e. The number of carbonyl (C=O) groups is 1. The predicted molar refractivity (Wildman–Crippen MR) is 67.4 cm³/mol. The highest BCUT2D eigenvalue weighted by molar-refractivity contribution is 5.77. The lowest BCUT2D eigenvalue weighted by Crippen LogP contribution is -2.49. The lowest BCUT2D eigenvalue weighted by molar-refractivity contribution is -0.189. The fraction of sp³-hybridized carbons (Fsp3) is 0.923. The van der Waals surface area contributed by atoms with Crippen molar-refractivity contribution in [3.63, 3.8) is 0 Å². The largest absolute Gasteiger partial charge is 0.393 e. The molecule has 3 unspecified atom stereocenters. The molecule has 0 heterocycles. The summed E-state index contributed by atoms with van der Waals surface area (Å²) in [5.74, 6) is -1.65. The fourth-order valence-electron chi connectivity index (χ4n) is 2.41. The van der Waals surface area contributed by atoms with Gasteiger partial charge in [0.2, 0.25) is 5.91 Å². The van der Waals surface area contributed by atoms with Crippen LogP contribution >= 0.6 is 0 Å². The van der Waals surface area contributed by atoms with Crippen LogP contribution in [0.15, 0.2) is 0 Å². The Hall–Kier alpha value is -0.780. The zero-order chi connectivity index (χ0) is 14.6. The second kappa shape index (κ2) is 6.59. The number of hydrogen-bond donors (Lipinski definition) is 2. The summed E-state index contributed by atoms with van der Waals surface area (Å²) >= 11 is 0. The first-order chi connectivity index (χ1) is 8.71. The molecule has 0 aromatic heterocycles. The summed E-state index contributed by atoms with van der Waals surface area (Å²) in [7, 11) is 0. The summed E-state index contributed by atoms with van der Waals surface area (Å²) in [4.78, 5) is 11.7. The normalized spacial score (nSPS) is 26.3. The lowest BCUT2D eigenvalue weighted by Gasteiger charge is -2.33. The molecule has 3 nitrogen and oxygen atoms in total. The third-order valence-electron chi connectivity index (χ3n) is 3.81. The van der Waals surface area contributed by atoms with Crippen molar-refractivity contribution in [1.29, 1.82) is 0 Å². The summed E-state index contributed by atoms with van der Waals surface area (Å²) in [5, 5.41) is 2.52. The van der Waals surface area contributed by atoms with Crippen LogP contribution in [-0.2, 0) is 4.79 Å². The topological polar surface area (TPSA) is 55.1 Å². The first kappa shape index (κ1) is 16.3. The van der Waals surface area contributed by atoms with Crippen molar-refractivity contribution in [3.8, 4) is 0 Å². The SMILES string of the molecule is CC(C)C(N)CC(=O)NC1CCCCC1C(F)(F)F. The van der Waals surface area contributed by atoms with E-state index in [1.54, 1.807) is 0 Å². The first-order valence-corrected chi connectivity index (χ1v) is 6.83. The summed E-state index contributed by atoms with van der Waals surface area (Å²) < 4.78 is 38.6. The molecule has 0 bridgehead atoms. The average molecular weight is 280 g/mol. The Morgan fingerprint density at radius 2 is 1.89 bits per heavy atom. The molecule has 6 heteroatoms. The molecular weight excluding hydrogens is 257 g/mol. The highest BCUT2D eigenvalue weighted by Gasteiger charge is 2.45. The number of nitrogens with one attached hydrogen (secondary N) is 1. The van der Waals surface area contributed by atoms with Gasteiger partial charge < -0.3 is 11.1 Å². The van der Waals surface area contributed by atoms with Crippen LogP contribution in [0.3, 0.4) is 0 Å². The molecule has 1 aliphatic carbocycles. The van der Waals surface area contributed by atoms with Crippen LogP contribution in [0.25, 0.3) is 0 Å². The van der Waals surface area contributed by atoms with Gasteiger partial charge in [-0.3, -0.25) is 4.79 Å². The van der Waals surface area contributed by atoms with Crippen molar-refractivity contribution in [2.45, 2.75) is 64.2 Å². The zero-order valence-electron chi connectivity index (χ0n) is 11.5. The van der Waals surface area contributed by atoms with Gasteiger partial charge in [-0.2, -0.15) is 13.2 Å². The van der Waals surface area contributed by atoms with Gasteiger partial charge in [-0.05, 0) is 18.8 Å². The first-order valence-electron chi connectivity index (χ1n) is 6.83. The molecule has 19 heavy (non-hydrogen) atoms. The Balaban J connectivity index is 2.55. The van der Waals surface area contributed by atoms with Gasteiger partial charge in [-0.25, -0.2) is 0 Å². The molecule has 1 aliphatic rings. The van der Waals surface area contributed by atoms with Crippen molar-refractivity contribution in [3.05, 3.63) is 0 Å². The van der Waals surface area contributed by atoms with Gasteiger partial charge in [0.15, 0.2) is 0 Å². The van der Waals surface area contributed by atoms with E-state index < -0.39 is 18.1 Å². The highest BCUT2D eigenvalue weighted by atomic mass is 19.4. The monoisotopic (exact) mass is 280 g/mol. The second-order valence-electron chi connectivity index (χ2n) is 5.72. The van der Waals surface area contributed by atoms with E-state index in [0.717, 1.165) is 6.42 Å². The van der Waals surface area contributed by atoms with Gasteiger partial charge in [0.05, 0.1) is 5.92 Å². The third kappa shape index (κ3) is 5.01. The maximum atomic E-state index is 12.9. The maximum absolute atomic E-state index is 12.9. The molecule has 1 rings (SSSR count). The number of carbonyl (C=O) groups excluding carboxylic acids is 1. The molecular formula is C13H23F3N2O. The fourth-order valence-corrected chi connectivity index (χ4v) is 2.41. The van der Waals surface area contributed by atoms with Crippen molar-refractivity contribution in [2.24, 2.45) is 17.6 Å². The van der Waals surface area contributed by atoms with E-state index in [1.807, 2.05) is 13.8 Å².